The molecule has 1 fully saturated rings. The first-order valence-electron chi connectivity index (χ1n) is 8.43. The molecule has 2 rings (SSSR count). The van der Waals surface area contributed by atoms with Crippen LogP contribution < -0.4 is 0 Å². The normalized spacial score (nSPS) is 16.5. The lowest BCUT2D eigenvalue weighted by atomic mass is 10.1. The van der Waals surface area contributed by atoms with Crippen LogP contribution in [-0.2, 0) is 23.7 Å². The molecular weight excluding hydrogens is 378 g/mol. The van der Waals surface area contributed by atoms with Crippen molar-refractivity contribution >= 4 is 6.09 Å². The molecule has 0 bridgehead atoms. The average molecular weight is 398 g/mol. The number of nitrogens with zero attached hydrogens (tertiary/aromatic N) is 2. The van der Waals surface area contributed by atoms with E-state index in [2.05, 4.69) is 4.90 Å². The van der Waals surface area contributed by atoms with Crippen LogP contribution in [0.25, 0.3) is 0 Å². The van der Waals surface area contributed by atoms with Crippen LogP contribution in [0, 0.1) is 0 Å². The van der Waals surface area contributed by atoms with E-state index in [9.17, 15) is 31.1 Å². The van der Waals surface area contributed by atoms with Crippen molar-refractivity contribution in [3.05, 3.63) is 34.9 Å². The van der Waals surface area contributed by atoms with Crippen molar-refractivity contribution in [2.24, 2.45) is 0 Å². The Morgan fingerprint density at radius 1 is 0.963 bits per heavy atom. The van der Waals surface area contributed by atoms with Crippen LogP contribution in [0.4, 0.5) is 31.1 Å². The number of carbonyl (C=O) groups is 1. The number of amides is 1. The third kappa shape index (κ3) is 6.02. The van der Waals surface area contributed by atoms with Crippen molar-refractivity contribution in [3.8, 4) is 0 Å². The first-order chi connectivity index (χ1) is 12.5. The Balaban J connectivity index is 2.03. The zero-order chi connectivity index (χ0) is 20.2. The molecule has 0 saturated carbocycles. The summed E-state index contributed by atoms with van der Waals surface area (Å²) in [7, 11) is 0. The lowest BCUT2D eigenvalue weighted by Gasteiger charge is -2.33. The highest BCUT2D eigenvalue weighted by atomic mass is 19.4. The van der Waals surface area contributed by atoms with Gasteiger partial charge in [-0.3, -0.25) is 4.90 Å². The Labute approximate surface area is 152 Å². The largest absolute Gasteiger partial charge is 0.445 e. The predicted octanol–water partition coefficient (Wildman–Crippen LogP) is 4.39. The molecule has 10 heteroatoms. The second kappa shape index (κ2) is 8.37. The molecule has 1 aromatic rings. The fraction of sp³-hybridized carbons (Fsp3) is 0.588. The van der Waals surface area contributed by atoms with Gasteiger partial charge in [-0.1, -0.05) is 6.92 Å². The van der Waals surface area contributed by atoms with E-state index in [1.165, 1.54) is 4.90 Å². The summed E-state index contributed by atoms with van der Waals surface area (Å²) in [6.07, 6.45) is -9.65. The summed E-state index contributed by atoms with van der Waals surface area (Å²) in [5.41, 5.74) is -3.23. The SMILES string of the molecule is CCCN1CCN(C(=O)OCc2cc(C(F)(F)F)cc(C(F)(F)F)c2)CC1. The van der Waals surface area contributed by atoms with Gasteiger partial charge in [-0.2, -0.15) is 26.3 Å². The fourth-order valence-corrected chi connectivity index (χ4v) is 2.81. The van der Waals surface area contributed by atoms with Crippen LogP contribution in [-0.4, -0.2) is 48.6 Å². The minimum Gasteiger partial charge on any atom is -0.445 e. The van der Waals surface area contributed by atoms with Gasteiger partial charge >= 0.3 is 18.4 Å². The van der Waals surface area contributed by atoms with E-state index >= 15 is 0 Å². The molecule has 0 unspecified atom stereocenters. The molecule has 0 spiro atoms. The van der Waals surface area contributed by atoms with Crippen LogP contribution in [0.3, 0.4) is 0 Å². The number of carbonyl (C=O) groups excluding carboxylic acids is 1. The second-order valence-electron chi connectivity index (χ2n) is 6.30. The maximum atomic E-state index is 12.8. The van der Waals surface area contributed by atoms with Gasteiger partial charge in [0.05, 0.1) is 11.1 Å². The van der Waals surface area contributed by atoms with E-state index in [0.717, 1.165) is 13.0 Å². The van der Waals surface area contributed by atoms with E-state index in [1.807, 2.05) is 6.92 Å². The summed E-state index contributed by atoms with van der Waals surface area (Å²) in [4.78, 5) is 15.6. The molecule has 1 heterocycles. The van der Waals surface area contributed by atoms with Crippen LogP contribution in [0.2, 0.25) is 0 Å². The molecule has 0 aliphatic carbocycles. The highest BCUT2D eigenvalue weighted by Crippen LogP contribution is 2.36. The summed E-state index contributed by atoms with van der Waals surface area (Å²) in [6.45, 7) is 4.35. The Kier molecular flexibility index (Phi) is 6.61. The number of alkyl halides is 6. The Morgan fingerprint density at radius 3 is 1.93 bits per heavy atom. The van der Waals surface area contributed by atoms with Gasteiger partial charge in [-0.05, 0) is 36.7 Å². The fourth-order valence-electron chi connectivity index (χ4n) is 2.81. The van der Waals surface area contributed by atoms with Crippen molar-refractivity contribution in [2.45, 2.75) is 32.3 Å². The van der Waals surface area contributed by atoms with Crippen LogP contribution in [0.5, 0.6) is 0 Å². The number of benzene rings is 1. The Morgan fingerprint density at radius 2 is 1.48 bits per heavy atom. The molecule has 4 nitrogen and oxygen atoms in total. The molecule has 27 heavy (non-hydrogen) atoms. The summed E-state index contributed by atoms with van der Waals surface area (Å²) in [6, 6.07) is 1.15. The molecule has 1 aliphatic heterocycles. The number of ether oxygens (including phenoxy) is 1. The minimum absolute atomic E-state index is 0.0400. The topological polar surface area (TPSA) is 32.8 Å². The number of hydrogen-bond donors (Lipinski definition) is 0. The number of piperazine rings is 1. The van der Waals surface area contributed by atoms with Crippen LogP contribution in [0.15, 0.2) is 18.2 Å². The molecular formula is C17H20F6N2O2. The minimum atomic E-state index is -4.93. The molecule has 1 saturated heterocycles. The highest BCUT2D eigenvalue weighted by molar-refractivity contribution is 5.67. The molecule has 0 atom stereocenters. The Bertz CT molecular complexity index is 620. The smallest absolute Gasteiger partial charge is 0.416 e. The predicted molar refractivity (Wildman–Crippen MR) is 84.9 cm³/mol. The van der Waals surface area contributed by atoms with E-state index in [4.69, 9.17) is 4.74 Å². The van der Waals surface area contributed by atoms with E-state index in [1.54, 1.807) is 0 Å². The summed E-state index contributed by atoms with van der Waals surface area (Å²) in [5, 5.41) is 0. The average Bonchev–Trinajstić information content (AvgIpc) is 2.59. The van der Waals surface area contributed by atoms with Crippen molar-refractivity contribution < 1.29 is 35.9 Å². The van der Waals surface area contributed by atoms with Crippen LogP contribution in [0.1, 0.15) is 30.0 Å². The molecule has 0 aromatic heterocycles. The lowest BCUT2D eigenvalue weighted by Crippen LogP contribution is -2.48. The number of halogens is 6. The monoisotopic (exact) mass is 398 g/mol. The first kappa shape index (κ1) is 21.3. The quantitative estimate of drug-likeness (QED) is 0.706. The number of hydrogen-bond acceptors (Lipinski definition) is 3. The molecule has 1 aromatic carbocycles. The molecule has 152 valence electrons. The maximum absolute atomic E-state index is 12.8. The Hall–Kier alpha value is -1.97. The summed E-state index contributed by atoms with van der Waals surface area (Å²) < 4.78 is 82.0. The van der Waals surface area contributed by atoms with Gasteiger partial charge in [0, 0.05) is 26.2 Å². The van der Waals surface area contributed by atoms with Gasteiger partial charge in [0.25, 0.3) is 0 Å². The summed E-state index contributed by atoms with van der Waals surface area (Å²) in [5.74, 6) is 0. The molecule has 0 radical (unpaired) electrons. The third-order valence-corrected chi connectivity index (χ3v) is 4.18. The standard InChI is InChI=1S/C17H20F6N2O2/c1-2-3-24-4-6-25(7-5-24)15(26)27-11-12-8-13(16(18,19)20)10-14(9-12)17(21,22)23/h8-10H,2-7,11H2,1H3. The summed E-state index contributed by atoms with van der Waals surface area (Å²) >= 11 is 0. The van der Waals surface area contributed by atoms with Gasteiger partial charge in [0.2, 0.25) is 0 Å². The van der Waals surface area contributed by atoms with Crippen molar-refractivity contribution in [1.82, 2.24) is 9.80 Å². The third-order valence-electron chi connectivity index (χ3n) is 4.18. The van der Waals surface area contributed by atoms with Crippen molar-refractivity contribution in [1.29, 1.82) is 0 Å². The van der Waals surface area contributed by atoms with E-state index in [-0.39, 0.29) is 11.6 Å². The number of rotatable bonds is 4. The van der Waals surface area contributed by atoms with Gasteiger partial charge in [0.1, 0.15) is 6.61 Å². The molecule has 1 amide bonds. The molecule has 0 N–H and O–H groups in total. The highest BCUT2D eigenvalue weighted by Gasteiger charge is 2.37. The van der Waals surface area contributed by atoms with E-state index < -0.39 is 36.2 Å². The van der Waals surface area contributed by atoms with Gasteiger partial charge in [-0.25, -0.2) is 4.79 Å². The van der Waals surface area contributed by atoms with Gasteiger partial charge < -0.3 is 9.64 Å². The van der Waals surface area contributed by atoms with Gasteiger partial charge in [0.15, 0.2) is 0 Å². The molecule has 1 aliphatic rings. The zero-order valence-electron chi connectivity index (χ0n) is 14.7. The lowest BCUT2D eigenvalue weighted by molar-refractivity contribution is -0.143. The zero-order valence-corrected chi connectivity index (χ0v) is 14.7. The van der Waals surface area contributed by atoms with Crippen molar-refractivity contribution in [3.63, 3.8) is 0 Å². The van der Waals surface area contributed by atoms with Crippen molar-refractivity contribution in [2.75, 3.05) is 32.7 Å². The van der Waals surface area contributed by atoms with Gasteiger partial charge in [-0.15, -0.1) is 0 Å². The second-order valence-corrected chi connectivity index (χ2v) is 6.30. The maximum Gasteiger partial charge on any atom is 0.416 e. The van der Waals surface area contributed by atoms with E-state index in [0.29, 0.717) is 38.3 Å². The van der Waals surface area contributed by atoms with Crippen LogP contribution >= 0.6 is 0 Å². The first-order valence-corrected chi connectivity index (χ1v) is 8.43.